The lowest BCUT2D eigenvalue weighted by Gasteiger charge is -2.26. The number of hydrogen-bond acceptors (Lipinski definition) is 2. The van der Waals surface area contributed by atoms with Crippen molar-refractivity contribution >= 4 is 5.69 Å². The van der Waals surface area contributed by atoms with E-state index in [0.29, 0.717) is 6.04 Å². The predicted molar refractivity (Wildman–Crippen MR) is 99.8 cm³/mol. The molecule has 122 valence electrons. The zero-order valence-corrected chi connectivity index (χ0v) is 14.3. The van der Waals surface area contributed by atoms with Crippen LogP contribution < -0.4 is 11.1 Å². The molecule has 1 aliphatic carbocycles. The lowest BCUT2D eigenvalue weighted by molar-refractivity contribution is 0.339. The van der Waals surface area contributed by atoms with Crippen LogP contribution in [0, 0.1) is 19.8 Å². The molecule has 0 atom stereocenters. The Morgan fingerprint density at radius 1 is 0.870 bits per heavy atom. The van der Waals surface area contributed by atoms with Gasteiger partial charge in [-0.05, 0) is 79.8 Å². The van der Waals surface area contributed by atoms with E-state index in [-0.39, 0.29) is 0 Å². The number of rotatable bonds is 4. The second-order valence-corrected chi connectivity index (χ2v) is 7.04. The van der Waals surface area contributed by atoms with Crippen molar-refractivity contribution in [3.63, 3.8) is 0 Å². The van der Waals surface area contributed by atoms with E-state index in [9.17, 15) is 0 Å². The van der Waals surface area contributed by atoms with Crippen molar-refractivity contribution in [2.75, 3.05) is 11.9 Å². The minimum Gasteiger partial charge on any atom is -0.385 e. The Morgan fingerprint density at radius 2 is 1.52 bits per heavy atom. The molecule has 2 aromatic carbocycles. The van der Waals surface area contributed by atoms with Gasteiger partial charge in [-0.25, -0.2) is 0 Å². The fraction of sp³-hybridized carbons (Fsp3) is 0.429. The molecule has 1 saturated carbocycles. The van der Waals surface area contributed by atoms with Gasteiger partial charge >= 0.3 is 0 Å². The Morgan fingerprint density at radius 3 is 2.17 bits per heavy atom. The van der Waals surface area contributed by atoms with Gasteiger partial charge in [0.1, 0.15) is 0 Å². The molecular weight excluding hydrogens is 280 g/mol. The van der Waals surface area contributed by atoms with Crippen molar-refractivity contribution in [1.82, 2.24) is 0 Å². The van der Waals surface area contributed by atoms with Crippen LogP contribution in [0.4, 0.5) is 5.69 Å². The predicted octanol–water partition coefficient (Wildman–Crippen LogP) is 4.90. The van der Waals surface area contributed by atoms with Crippen LogP contribution >= 0.6 is 0 Å². The Balaban J connectivity index is 1.59. The highest BCUT2D eigenvalue weighted by Gasteiger charge is 2.17. The van der Waals surface area contributed by atoms with Crippen LogP contribution in [0.2, 0.25) is 0 Å². The Kier molecular flexibility index (Phi) is 5.02. The van der Waals surface area contributed by atoms with E-state index in [1.807, 2.05) is 0 Å². The van der Waals surface area contributed by atoms with Crippen LogP contribution in [0.3, 0.4) is 0 Å². The third-order valence-electron chi connectivity index (χ3n) is 5.21. The maximum Gasteiger partial charge on any atom is 0.0340 e. The van der Waals surface area contributed by atoms with E-state index in [4.69, 9.17) is 5.73 Å². The van der Waals surface area contributed by atoms with Gasteiger partial charge in [0.05, 0.1) is 0 Å². The number of nitrogens with two attached hydrogens (primary N) is 1. The minimum atomic E-state index is 0.434. The van der Waals surface area contributed by atoms with Crippen LogP contribution in [-0.2, 0) is 0 Å². The summed E-state index contributed by atoms with van der Waals surface area (Å²) < 4.78 is 0. The highest BCUT2D eigenvalue weighted by Crippen LogP contribution is 2.26. The summed E-state index contributed by atoms with van der Waals surface area (Å²) >= 11 is 0. The first-order chi connectivity index (χ1) is 11.1. The van der Waals surface area contributed by atoms with Gasteiger partial charge in [-0.15, -0.1) is 0 Å². The van der Waals surface area contributed by atoms with Crippen molar-refractivity contribution in [2.24, 2.45) is 11.7 Å². The molecule has 0 spiro atoms. The molecule has 2 nitrogen and oxygen atoms in total. The highest BCUT2D eigenvalue weighted by molar-refractivity contribution is 5.67. The second kappa shape index (κ2) is 7.18. The maximum atomic E-state index is 5.98. The Labute approximate surface area is 140 Å². The van der Waals surface area contributed by atoms with Crippen molar-refractivity contribution in [3.8, 4) is 11.1 Å². The van der Waals surface area contributed by atoms with Gasteiger partial charge in [0.25, 0.3) is 0 Å². The number of benzene rings is 2. The van der Waals surface area contributed by atoms with Crippen LogP contribution in [0.1, 0.15) is 36.8 Å². The zero-order valence-electron chi connectivity index (χ0n) is 14.3. The minimum absolute atomic E-state index is 0.434. The van der Waals surface area contributed by atoms with Crippen molar-refractivity contribution in [1.29, 1.82) is 0 Å². The van der Waals surface area contributed by atoms with Crippen LogP contribution in [-0.4, -0.2) is 12.6 Å². The van der Waals surface area contributed by atoms with Crippen molar-refractivity contribution in [3.05, 3.63) is 53.6 Å². The lowest BCUT2D eigenvalue weighted by atomic mass is 9.86. The molecule has 2 aromatic rings. The summed E-state index contributed by atoms with van der Waals surface area (Å²) in [5.74, 6) is 0.772. The van der Waals surface area contributed by atoms with Gasteiger partial charge in [-0.3, -0.25) is 0 Å². The van der Waals surface area contributed by atoms with Crippen LogP contribution in [0.25, 0.3) is 11.1 Å². The molecule has 0 amide bonds. The molecule has 0 unspecified atom stereocenters. The van der Waals surface area contributed by atoms with Crippen LogP contribution in [0.15, 0.2) is 42.5 Å². The summed E-state index contributed by atoms with van der Waals surface area (Å²) in [7, 11) is 0. The Hall–Kier alpha value is -1.80. The normalized spacial score (nSPS) is 21.2. The number of hydrogen-bond donors (Lipinski definition) is 2. The molecule has 0 bridgehead atoms. The molecule has 0 aromatic heterocycles. The molecule has 0 aliphatic heterocycles. The summed E-state index contributed by atoms with van der Waals surface area (Å²) in [5, 5.41) is 3.59. The molecule has 0 radical (unpaired) electrons. The molecule has 3 N–H and O–H groups in total. The first-order valence-corrected chi connectivity index (χ1v) is 8.79. The van der Waals surface area contributed by atoms with E-state index < -0.39 is 0 Å². The van der Waals surface area contributed by atoms with E-state index >= 15 is 0 Å². The average molecular weight is 308 g/mol. The summed E-state index contributed by atoms with van der Waals surface area (Å²) in [4.78, 5) is 0. The third kappa shape index (κ3) is 4.14. The monoisotopic (exact) mass is 308 g/mol. The number of anilines is 1. The molecule has 1 aliphatic rings. The second-order valence-electron chi connectivity index (χ2n) is 7.04. The van der Waals surface area contributed by atoms with Crippen LogP contribution in [0.5, 0.6) is 0 Å². The smallest absolute Gasteiger partial charge is 0.0340 e. The Bertz CT molecular complexity index is 637. The SMILES string of the molecule is Cc1ccc(-c2ccc(NC[C@H]3CC[C@H](N)CC3)cc2)cc1C. The van der Waals surface area contributed by atoms with Gasteiger partial charge in [0.2, 0.25) is 0 Å². The summed E-state index contributed by atoms with van der Waals surface area (Å²) in [6.07, 6.45) is 4.87. The summed E-state index contributed by atoms with van der Waals surface area (Å²) in [5.41, 5.74) is 12.5. The molecule has 2 heteroatoms. The van der Waals surface area contributed by atoms with Gasteiger partial charge in [0.15, 0.2) is 0 Å². The molecule has 1 fully saturated rings. The average Bonchev–Trinajstić information content (AvgIpc) is 2.57. The van der Waals surface area contributed by atoms with Gasteiger partial charge in [-0.2, -0.15) is 0 Å². The molecular formula is C21H28N2. The first-order valence-electron chi connectivity index (χ1n) is 8.79. The summed E-state index contributed by atoms with van der Waals surface area (Å²) in [6.45, 7) is 5.39. The highest BCUT2D eigenvalue weighted by atomic mass is 14.9. The van der Waals surface area contributed by atoms with E-state index in [1.54, 1.807) is 0 Å². The van der Waals surface area contributed by atoms with Gasteiger partial charge < -0.3 is 11.1 Å². The van der Waals surface area contributed by atoms with Gasteiger partial charge in [-0.1, -0.05) is 30.3 Å². The fourth-order valence-corrected chi connectivity index (χ4v) is 3.36. The largest absolute Gasteiger partial charge is 0.385 e. The summed E-state index contributed by atoms with van der Waals surface area (Å²) in [6, 6.07) is 15.9. The molecule has 23 heavy (non-hydrogen) atoms. The number of nitrogens with one attached hydrogen (secondary N) is 1. The molecule has 3 rings (SSSR count). The van der Waals surface area contributed by atoms with Gasteiger partial charge in [0, 0.05) is 18.3 Å². The topological polar surface area (TPSA) is 38.0 Å². The maximum absolute atomic E-state index is 5.98. The number of aryl methyl sites for hydroxylation is 2. The fourth-order valence-electron chi connectivity index (χ4n) is 3.36. The van der Waals surface area contributed by atoms with E-state index in [2.05, 4.69) is 61.6 Å². The van der Waals surface area contributed by atoms with E-state index in [0.717, 1.165) is 12.5 Å². The first kappa shape index (κ1) is 16.1. The molecule has 0 saturated heterocycles. The zero-order chi connectivity index (χ0) is 16.2. The van der Waals surface area contributed by atoms with Crippen molar-refractivity contribution in [2.45, 2.75) is 45.6 Å². The lowest BCUT2D eigenvalue weighted by Crippen LogP contribution is -2.29. The third-order valence-corrected chi connectivity index (χ3v) is 5.21. The van der Waals surface area contributed by atoms with Crippen molar-refractivity contribution < 1.29 is 0 Å². The van der Waals surface area contributed by atoms with E-state index in [1.165, 1.54) is 53.6 Å². The molecule has 0 heterocycles. The standard InChI is InChI=1S/C21H28N2/c1-15-3-6-19(13-16(15)2)18-7-11-21(12-8-18)23-14-17-4-9-20(22)10-5-17/h3,6-8,11-13,17,20,23H,4-5,9-10,14,22H2,1-2H3/t17-,20-. The quantitative estimate of drug-likeness (QED) is 0.843.